The number of anilines is 1. The molecule has 1 aliphatic rings. The molecule has 1 amide bonds. The fourth-order valence-electron chi connectivity index (χ4n) is 2.41. The Morgan fingerprint density at radius 2 is 2.10 bits per heavy atom. The fraction of sp³-hybridized carbons (Fsp3) is 0.500. The highest BCUT2D eigenvalue weighted by Crippen LogP contribution is 2.21. The molecule has 0 aromatic heterocycles. The van der Waals surface area contributed by atoms with Crippen molar-refractivity contribution in [3.05, 3.63) is 28.8 Å². The number of aliphatic hydroxyl groups is 1. The standard InChI is InChI=1S/C14H20ClN3O2/c15-13-10-11(16)2-3-12(13)14(20)18-5-1-4-17(6-7-18)8-9-19/h2-3,10,19H,1,4-9,16H2. The third kappa shape index (κ3) is 3.62. The van der Waals surface area contributed by atoms with E-state index in [1.165, 1.54) is 0 Å². The smallest absolute Gasteiger partial charge is 0.255 e. The number of aliphatic hydroxyl groups excluding tert-OH is 1. The molecule has 1 aromatic carbocycles. The Morgan fingerprint density at radius 1 is 1.30 bits per heavy atom. The maximum atomic E-state index is 12.5. The second-order valence-corrected chi connectivity index (χ2v) is 5.36. The molecule has 20 heavy (non-hydrogen) atoms. The second-order valence-electron chi connectivity index (χ2n) is 4.95. The molecule has 3 N–H and O–H groups in total. The molecule has 1 heterocycles. The summed E-state index contributed by atoms with van der Waals surface area (Å²) in [5.41, 5.74) is 6.69. The normalized spacial score (nSPS) is 17.0. The molecule has 0 unspecified atom stereocenters. The SMILES string of the molecule is Nc1ccc(C(=O)N2CCCN(CCO)CC2)c(Cl)c1. The van der Waals surface area contributed by atoms with Crippen LogP contribution in [0.4, 0.5) is 5.69 Å². The molecular formula is C14H20ClN3O2. The summed E-state index contributed by atoms with van der Waals surface area (Å²) < 4.78 is 0. The number of nitrogen functional groups attached to an aromatic ring is 1. The first-order chi connectivity index (χ1) is 9.61. The van der Waals surface area contributed by atoms with Crippen LogP contribution in [0.15, 0.2) is 18.2 Å². The molecule has 1 aliphatic heterocycles. The highest BCUT2D eigenvalue weighted by atomic mass is 35.5. The predicted octanol–water partition coefficient (Wildman–Crippen LogP) is 1.06. The zero-order valence-corrected chi connectivity index (χ0v) is 12.1. The number of nitrogens with zero attached hydrogens (tertiary/aromatic N) is 2. The number of benzene rings is 1. The first-order valence-corrected chi connectivity index (χ1v) is 7.17. The van der Waals surface area contributed by atoms with Gasteiger partial charge in [-0.15, -0.1) is 0 Å². The lowest BCUT2D eigenvalue weighted by Crippen LogP contribution is -2.36. The third-order valence-electron chi connectivity index (χ3n) is 3.52. The molecule has 0 radical (unpaired) electrons. The van der Waals surface area contributed by atoms with E-state index in [-0.39, 0.29) is 12.5 Å². The number of nitrogens with two attached hydrogens (primary N) is 1. The number of hydrogen-bond acceptors (Lipinski definition) is 4. The van der Waals surface area contributed by atoms with Crippen molar-refractivity contribution in [2.75, 3.05) is 45.1 Å². The quantitative estimate of drug-likeness (QED) is 0.819. The Labute approximate surface area is 123 Å². The first-order valence-electron chi connectivity index (χ1n) is 6.79. The highest BCUT2D eigenvalue weighted by molar-refractivity contribution is 6.34. The van der Waals surface area contributed by atoms with Crippen LogP contribution in [-0.2, 0) is 0 Å². The van der Waals surface area contributed by atoms with Crippen molar-refractivity contribution >= 4 is 23.2 Å². The van der Waals surface area contributed by atoms with Crippen LogP contribution in [-0.4, -0.2) is 60.1 Å². The number of carbonyl (C=O) groups excluding carboxylic acids is 1. The lowest BCUT2D eigenvalue weighted by atomic mass is 10.1. The van der Waals surface area contributed by atoms with E-state index < -0.39 is 0 Å². The van der Waals surface area contributed by atoms with Gasteiger partial charge in [-0.1, -0.05) is 11.6 Å². The molecule has 6 heteroatoms. The maximum Gasteiger partial charge on any atom is 0.255 e. The van der Waals surface area contributed by atoms with E-state index in [0.717, 1.165) is 19.5 Å². The van der Waals surface area contributed by atoms with Crippen molar-refractivity contribution < 1.29 is 9.90 Å². The highest BCUT2D eigenvalue weighted by Gasteiger charge is 2.21. The van der Waals surface area contributed by atoms with Gasteiger partial charge >= 0.3 is 0 Å². The van der Waals surface area contributed by atoms with Gasteiger partial charge in [0.25, 0.3) is 5.91 Å². The number of β-amino-alcohol motifs (C(OH)–C–C–N with tert-alkyl or cyclic N) is 1. The summed E-state index contributed by atoms with van der Waals surface area (Å²) in [6.45, 7) is 3.85. The van der Waals surface area contributed by atoms with Gasteiger partial charge in [0, 0.05) is 31.9 Å². The van der Waals surface area contributed by atoms with E-state index in [4.69, 9.17) is 22.4 Å². The van der Waals surface area contributed by atoms with Crippen LogP contribution < -0.4 is 5.73 Å². The summed E-state index contributed by atoms with van der Waals surface area (Å²) in [5.74, 6) is -0.0548. The Morgan fingerprint density at radius 3 is 2.80 bits per heavy atom. The van der Waals surface area contributed by atoms with Crippen LogP contribution >= 0.6 is 11.6 Å². The average Bonchev–Trinajstić information content (AvgIpc) is 2.64. The summed E-state index contributed by atoms with van der Waals surface area (Å²) in [6.07, 6.45) is 0.901. The molecule has 5 nitrogen and oxygen atoms in total. The van der Waals surface area contributed by atoms with E-state index in [2.05, 4.69) is 4.90 Å². The van der Waals surface area contributed by atoms with E-state index in [1.54, 1.807) is 18.2 Å². The Balaban J connectivity index is 2.05. The summed E-state index contributed by atoms with van der Waals surface area (Å²) >= 11 is 6.09. The van der Waals surface area contributed by atoms with Gasteiger partial charge in [-0.25, -0.2) is 0 Å². The minimum absolute atomic E-state index is 0.0548. The second kappa shape index (κ2) is 6.92. The van der Waals surface area contributed by atoms with Crippen LogP contribution in [0.1, 0.15) is 16.8 Å². The van der Waals surface area contributed by atoms with Gasteiger partial charge in [0.05, 0.1) is 17.2 Å². The molecule has 0 saturated carbocycles. The molecule has 0 aliphatic carbocycles. The molecule has 1 saturated heterocycles. The largest absolute Gasteiger partial charge is 0.399 e. The third-order valence-corrected chi connectivity index (χ3v) is 3.83. The molecule has 0 bridgehead atoms. The molecule has 1 aromatic rings. The van der Waals surface area contributed by atoms with Crippen LogP contribution in [0, 0.1) is 0 Å². The molecule has 0 spiro atoms. The Bertz CT molecular complexity index is 481. The van der Waals surface area contributed by atoms with Crippen molar-refractivity contribution in [1.82, 2.24) is 9.80 Å². The average molecular weight is 298 g/mol. The van der Waals surface area contributed by atoms with Crippen LogP contribution in [0.3, 0.4) is 0 Å². The molecule has 2 rings (SSSR count). The Hall–Kier alpha value is -1.30. The van der Waals surface area contributed by atoms with E-state index >= 15 is 0 Å². The van der Waals surface area contributed by atoms with Gasteiger partial charge in [0.15, 0.2) is 0 Å². The minimum atomic E-state index is -0.0548. The molecule has 0 atom stereocenters. The number of carbonyl (C=O) groups is 1. The van der Waals surface area contributed by atoms with E-state index in [1.807, 2.05) is 4.90 Å². The van der Waals surface area contributed by atoms with Crippen molar-refractivity contribution in [3.8, 4) is 0 Å². The van der Waals surface area contributed by atoms with E-state index in [0.29, 0.717) is 35.9 Å². The lowest BCUT2D eigenvalue weighted by molar-refractivity contribution is 0.0760. The van der Waals surface area contributed by atoms with Crippen LogP contribution in [0.25, 0.3) is 0 Å². The molecule has 110 valence electrons. The van der Waals surface area contributed by atoms with Crippen LogP contribution in [0.2, 0.25) is 5.02 Å². The van der Waals surface area contributed by atoms with Crippen molar-refractivity contribution in [3.63, 3.8) is 0 Å². The predicted molar refractivity (Wildman–Crippen MR) is 79.9 cm³/mol. The number of halogens is 1. The topological polar surface area (TPSA) is 69.8 Å². The van der Waals surface area contributed by atoms with Crippen molar-refractivity contribution in [2.24, 2.45) is 0 Å². The number of amides is 1. The summed E-state index contributed by atoms with van der Waals surface area (Å²) in [7, 11) is 0. The summed E-state index contributed by atoms with van der Waals surface area (Å²) in [6, 6.07) is 4.97. The van der Waals surface area contributed by atoms with Crippen molar-refractivity contribution in [1.29, 1.82) is 0 Å². The first kappa shape index (κ1) is 15.1. The van der Waals surface area contributed by atoms with Gasteiger partial charge in [-0.2, -0.15) is 0 Å². The number of hydrogen-bond donors (Lipinski definition) is 2. The molecule has 1 fully saturated rings. The van der Waals surface area contributed by atoms with Gasteiger partial charge in [-0.3, -0.25) is 9.69 Å². The Kier molecular flexibility index (Phi) is 5.23. The maximum absolute atomic E-state index is 12.5. The van der Waals surface area contributed by atoms with Crippen LogP contribution in [0.5, 0.6) is 0 Å². The van der Waals surface area contributed by atoms with Gasteiger partial charge in [0.2, 0.25) is 0 Å². The minimum Gasteiger partial charge on any atom is -0.399 e. The molecular weight excluding hydrogens is 278 g/mol. The van der Waals surface area contributed by atoms with Gasteiger partial charge < -0.3 is 15.7 Å². The monoisotopic (exact) mass is 297 g/mol. The number of rotatable bonds is 3. The van der Waals surface area contributed by atoms with Crippen molar-refractivity contribution in [2.45, 2.75) is 6.42 Å². The summed E-state index contributed by atoms with van der Waals surface area (Å²) in [5, 5.41) is 9.37. The zero-order valence-electron chi connectivity index (χ0n) is 11.4. The van der Waals surface area contributed by atoms with Gasteiger partial charge in [-0.05, 0) is 31.2 Å². The fourth-order valence-corrected chi connectivity index (χ4v) is 2.68. The zero-order chi connectivity index (χ0) is 14.5. The summed E-state index contributed by atoms with van der Waals surface area (Å²) in [4.78, 5) is 16.5. The lowest BCUT2D eigenvalue weighted by Gasteiger charge is -2.22. The van der Waals surface area contributed by atoms with E-state index in [9.17, 15) is 4.79 Å². The van der Waals surface area contributed by atoms with Gasteiger partial charge in [0.1, 0.15) is 0 Å².